The van der Waals surface area contributed by atoms with Crippen molar-refractivity contribution in [1.29, 1.82) is 0 Å². The molecule has 22 heavy (non-hydrogen) atoms. The molecule has 0 saturated carbocycles. The molecule has 0 heterocycles. The fourth-order valence-electron chi connectivity index (χ4n) is 2.20. The van der Waals surface area contributed by atoms with Crippen LogP contribution in [0.25, 0.3) is 0 Å². The van der Waals surface area contributed by atoms with Crippen molar-refractivity contribution >= 4 is 11.6 Å². The Labute approximate surface area is 132 Å². The third-order valence-electron chi connectivity index (χ3n) is 3.73. The van der Waals surface area contributed by atoms with E-state index in [2.05, 4.69) is 31.3 Å². The Morgan fingerprint density at radius 1 is 1.18 bits per heavy atom. The van der Waals surface area contributed by atoms with E-state index < -0.39 is 0 Å². The van der Waals surface area contributed by atoms with Crippen molar-refractivity contribution in [3.63, 3.8) is 0 Å². The van der Waals surface area contributed by atoms with Gasteiger partial charge in [-0.05, 0) is 54.7 Å². The van der Waals surface area contributed by atoms with Crippen LogP contribution in [-0.2, 0) is 4.79 Å². The average molecular weight is 297 g/mol. The van der Waals surface area contributed by atoms with Gasteiger partial charge >= 0.3 is 0 Å². The van der Waals surface area contributed by atoms with Crippen LogP contribution >= 0.6 is 0 Å². The Morgan fingerprint density at radius 3 is 2.55 bits per heavy atom. The number of carbonyl (C=O) groups is 1. The van der Waals surface area contributed by atoms with Crippen molar-refractivity contribution in [2.75, 3.05) is 11.9 Å². The molecular formula is C19H23NO2. The van der Waals surface area contributed by atoms with Gasteiger partial charge in [0.1, 0.15) is 5.75 Å². The van der Waals surface area contributed by atoms with Gasteiger partial charge in [-0.3, -0.25) is 4.79 Å². The predicted octanol–water partition coefficient (Wildman–Crippen LogP) is 4.53. The molecule has 0 spiro atoms. The van der Waals surface area contributed by atoms with Crippen molar-refractivity contribution in [3.05, 3.63) is 59.7 Å². The summed E-state index contributed by atoms with van der Waals surface area (Å²) in [5.41, 5.74) is 3.19. The van der Waals surface area contributed by atoms with Gasteiger partial charge in [-0.2, -0.15) is 0 Å². The maximum atomic E-state index is 11.9. The molecular weight excluding hydrogens is 274 g/mol. The van der Waals surface area contributed by atoms with Gasteiger partial charge in [0.05, 0.1) is 0 Å². The number of ether oxygens (including phenoxy) is 1. The SMILES string of the molecule is CC[C@@H](C)c1ccc(OCC(=O)Nc2cccc(C)c2)cc1. The summed E-state index contributed by atoms with van der Waals surface area (Å²) in [6.45, 7) is 6.37. The molecule has 2 aromatic rings. The second-order valence-corrected chi connectivity index (χ2v) is 5.58. The fourth-order valence-corrected chi connectivity index (χ4v) is 2.20. The Balaban J connectivity index is 1.86. The van der Waals surface area contributed by atoms with Crippen molar-refractivity contribution in [2.24, 2.45) is 0 Å². The first kappa shape index (κ1) is 16.1. The van der Waals surface area contributed by atoms with Gasteiger partial charge in [-0.25, -0.2) is 0 Å². The van der Waals surface area contributed by atoms with Gasteiger partial charge in [0.25, 0.3) is 5.91 Å². The van der Waals surface area contributed by atoms with E-state index in [0.717, 1.165) is 17.7 Å². The molecule has 1 N–H and O–H groups in total. The predicted molar refractivity (Wildman–Crippen MR) is 90.5 cm³/mol. The van der Waals surface area contributed by atoms with Crippen LogP contribution < -0.4 is 10.1 Å². The zero-order valence-corrected chi connectivity index (χ0v) is 13.4. The van der Waals surface area contributed by atoms with Crippen LogP contribution in [0.4, 0.5) is 5.69 Å². The number of hydrogen-bond acceptors (Lipinski definition) is 2. The molecule has 0 aliphatic rings. The summed E-state index contributed by atoms with van der Waals surface area (Å²) in [4.78, 5) is 11.9. The smallest absolute Gasteiger partial charge is 0.262 e. The highest BCUT2D eigenvalue weighted by Crippen LogP contribution is 2.21. The number of hydrogen-bond donors (Lipinski definition) is 1. The molecule has 2 rings (SSSR count). The quantitative estimate of drug-likeness (QED) is 0.851. The molecule has 0 unspecified atom stereocenters. The van der Waals surface area contributed by atoms with E-state index >= 15 is 0 Å². The number of anilines is 1. The normalized spacial score (nSPS) is 11.8. The van der Waals surface area contributed by atoms with E-state index in [1.807, 2.05) is 43.3 Å². The minimum atomic E-state index is -0.156. The second kappa shape index (κ2) is 7.64. The summed E-state index contributed by atoms with van der Waals surface area (Å²) in [5.74, 6) is 1.10. The number of benzene rings is 2. The first-order chi connectivity index (χ1) is 10.6. The molecule has 0 aliphatic heterocycles. The lowest BCUT2D eigenvalue weighted by atomic mass is 9.99. The number of carbonyl (C=O) groups excluding carboxylic acids is 1. The van der Waals surface area contributed by atoms with Crippen LogP contribution in [0.15, 0.2) is 48.5 Å². The van der Waals surface area contributed by atoms with Gasteiger partial charge in [-0.15, -0.1) is 0 Å². The third-order valence-corrected chi connectivity index (χ3v) is 3.73. The molecule has 0 saturated heterocycles. The van der Waals surface area contributed by atoms with Crippen LogP contribution in [0.3, 0.4) is 0 Å². The minimum Gasteiger partial charge on any atom is -0.484 e. The Kier molecular flexibility index (Phi) is 5.59. The van der Waals surface area contributed by atoms with Gasteiger partial charge < -0.3 is 10.1 Å². The van der Waals surface area contributed by atoms with Gasteiger partial charge in [-0.1, -0.05) is 38.1 Å². The number of aryl methyl sites for hydroxylation is 1. The molecule has 116 valence electrons. The molecule has 0 aliphatic carbocycles. The first-order valence-electron chi connectivity index (χ1n) is 7.67. The maximum Gasteiger partial charge on any atom is 0.262 e. The number of nitrogens with one attached hydrogen (secondary N) is 1. The summed E-state index contributed by atoms with van der Waals surface area (Å²) >= 11 is 0. The molecule has 1 atom stereocenters. The molecule has 3 nitrogen and oxygen atoms in total. The molecule has 2 aromatic carbocycles. The number of rotatable bonds is 6. The minimum absolute atomic E-state index is 0.0105. The van der Waals surface area contributed by atoms with E-state index in [1.165, 1.54) is 5.56 Å². The summed E-state index contributed by atoms with van der Waals surface area (Å²) in [6, 6.07) is 15.7. The van der Waals surface area contributed by atoms with Crippen molar-refractivity contribution in [3.8, 4) is 5.75 Å². The molecule has 0 fully saturated rings. The van der Waals surface area contributed by atoms with E-state index in [1.54, 1.807) is 0 Å². The summed E-state index contributed by atoms with van der Waals surface area (Å²) in [5, 5.41) is 2.83. The van der Waals surface area contributed by atoms with Crippen LogP contribution in [0, 0.1) is 6.92 Å². The van der Waals surface area contributed by atoms with E-state index in [9.17, 15) is 4.79 Å². The second-order valence-electron chi connectivity index (χ2n) is 5.58. The van der Waals surface area contributed by atoms with E-state index in [0.29, 0.717) is 11.7 Å². The average Bonchev–Trinajstić information content (AvgIpc) is 2.52. The highest BCUT2D eigenvalue weighted by Gasteiger charge is 2.06. The van der Waals surface area contributed by atoms with Crippen molar-refractivity contribution < 1.29 is 9.53 Å². The maximum absolute atomic E-state index is 11.9. The van der Waals surface area contributed by atoms with Crippen LogP contribution in [0.2, 0.25) is 0 Å². The van der Waals surface area contributed by atoms with Crippen molar-refractivity contribution in [2.45, 2.75) is 33.1 Å². The highest BCUT2D eigenvalue weighted by molar-refractivity contribution is 5.91. The summed E-state index contributed by atoms with van der Waals surface area (Å²) in [6.07, 6.45) is 1.11. The van der Waals surface area contributed by atoms with Gasteiger partial charge in [0, 0.05) is 5.69 Å². The molecule has 3 heteroatoms. The zero-order chi connectivity index (χ0) is 15.9. The largest absolute Gasteiger partial charge is 0.484 e. The number of amides is 1. The molecule has 1 amide bonds. The lowest BCUT2D eigenvalue weighted by Gasteiger charge is -2.11. The third kappa shape index (κ3) is 4.62. The standard InChI is InChI=1S/C19H23NO2/c1-4-15(3)16-8-10-18(11-9-16)22-13-19(21)20-17-7-5-6-14(2)12-17/h5-12,15H,4,13H2,1-3H3,(H,20,21)/t15-/m1/s1. The Hall–Kier alpha value is -2.29. The van der Waals surface area contributed by atoms with E-state index in [-0.39, 0.29) is 12.5 Å². The van der Waals surface area contributed by atoms with Crippen molar-refractivity contribution in [1.82, 2.24) is 0 Å². The van der Waals surface area contributed by atoms with Crippen LogP contribution in [0.1, 0.15) is 37.3 Å². The van der Waals surface area contributed by atoms with Gasteiger partial charge in [0.2, 0.25) is 0 Å². The first-order valence-corrected chi connectivity index (χ1v) is 7.67. The monoisotopic (exact) mass is 297 g/mol. The topological polar surface area (TPSA) is 38.3 Å². The Bertz CT molecular complexity index is 620. The summed E-state index contributed by atoms with van der Waals surface area (Å²) in [7, 11) is 0. The lowest BCUT2D eigenvalue weighted by Crippen LogP contribution is -2.20. The molecule has 0 aromatic heterocycles. The molecule has 0 bridgehead atoms. The Morgan fingerprint density at radius 2 is 1.91 bits per heavy atom. The lowest BCUT2D eigenvalue weighted by molar-refractivity contribution is -0.118. The molecule has 0 radical (unpaired) electrons. The van der Waals surface area contributed by atoms with Gasteiger partial charge in [0.15, 0.2) is 6.61 Å². The van der Waals surface area contributed by atoms with Crippen LogP contribution in [-0.4, -0.2) is 12.5 Å². The fraction of sp³-hybridized carbons (Fsp3) is 0.316. The zero-order valence-electron chi connectivity index (χ0n) is 13.4. The summed E-state index contributed by atoms with van der Waals surface area (Å²) < 4.78 is 5.53. The van der Waals surface area contributed by atoms with E-state index in [4.69, 9.17) is 4.74 Å². The van der Waals surface area contributed by atoms with Crippen LogP contribution in [0.5, 0.6) is 5.75 Å². The highest BCUT2D eigenvalue weighted by atomic mass is 16.5.